The number of rotatable bonds is 5. The number of hydrogen-bond acceptors (Lipinski definition) is 4. The first kappa shape index (κ1) is 14.9. The standard InChI is InChI=1S/C20H21N3O/c1-23(13-14-10-11-14)20-17-8-3-4-9-18(17)21-19(22-20)15-6-5-7-16(12-15)24-2/h3-9,12,14H,10-11,13H2,1-2H3. The van der Waals surface area contributed by atoms with Gasteiger partial charge in [-0.05, 0) is 43.0 Å². The lowest BCUT2D eigenvalue weighted by atomic mass is 10.1. The first-order valence-electron chi connectivity index (χ1n) is 8.37. The molecule has 0 N–H and O–H groups in total. The van der Waals surface area contributed by atoms with Gasteiger partial charge in [-0.25, -0.2) is 9.97 Å². The van der Waals surface area contributed by atoms with Gasteiger partial charge >= 0.3 is 0 Å². The Hall–Kier alpha value is -2.62. The van der Waals surface area contributed by atoms with Crippen LogP contribution >= 0.6 is 0 Å². The summed E-state index contributed by atoms with van der Waals surface area (Å²) in [6, 6.07) is 16.1. The van der Waals surface area contributed by atoms with Gasteiger partial charge < -0.3 is 9.64 Å². The van der Waals surface area contributed by atoms with Crippen molar-refractivity contribution >= 4 is 16.7 Å². The molecule has 1 aromatic heterocycles. The molecule has 1 fully saturated rings. The predicted molar refractivity (Wildman–Crippen MR) is 97.5 cm³/mol. The van der Waals surface area contributed by atoms with Crippen molar-refractivity contribution in [2.45, 2.75) is 12.8 Å². The summed E-state index contributed by atoms with van der Waals surface area (Å²) in [5, 5.41) is 1.10. The summed E-state index contributed by atoms with van der Waals surface area (Å²) < 4.78 is 5.34. The zero-order valence-corrected chi connectivity index (χ0v) is 14.1. The Morgan fingerprint density at radius 3 is 2.71 bits per heavy atom. The monoisotopic (exact) mass is 319 g/mol. The molecule has 0 aliphatic heterocycles. The predicted octanol–water partition coefficient (Wildman–Crippen LogP) is 4.15. The minimum absolute atomic E-state index is 0.741. The molecule has 1 aliphatic carbocycles. The van der Waals surface area contributed by atoms with Gasteiger partial charge in [-0.2, -0.15) is 0 Å². The first-order chi connectivity index (χ1) is 11.7. The van der Waals surface area contributed by atoms with Crippen molar-refractivity contribution in [1.29, 1.82) is 0 Å². The van der Waals surface area contributed by atoms with E-state index in [1.54, 1.807) is 7.11 Å². The maximum atomic E-state index is 5.34. The van der Waals surface area contributed by atoms with Crippen molar-refractivity contribution in [3.05, 3.63) is 48.5 Å². The highest BCUT2D eigenvalue weighted by Gasteiger charge is 2.24. The summed E-state index contributed by atoms with van der Waals surface area (Å²) in [4.78, 5) is 11.9. The number of nitrogens with zero attached hydrogens (tertiary/aromatic N) is 3. The van der Waals surface area contributed by atoms with Gasteiger partial charge in [0.25, 0.3) is 0 Å². The highest BCUT2D eigenvalue weighted by atomic mass is 16.5. The third-order valence-electron chi connectivity index (χ3n) is 4.50. The highest BCUT2D eigenvalue weighted by molar-refractivity contribution is 5.91. The molecule has 2 aromatic carbocycles. The van der Waals surface area contributed by atoms with E-state index < -0.39 is 0 Å². The van der Waals surface area contributed by atoms with Gasteiger partial charge in [-0.15, -0.1) is 0 Å². The summed E-state index contributed by atoms with van der Waals surface area (Å²) in [5.74, 6) is 3.37. The Bertz CT molecular complexity index is 874. The minimum Gasteiger partial charge on any atom is -0.497 e. The Morgan fingerprint density at radius 2 is 1.92 bits per heavy atom. The van der Waals surface area contributed by atoms with Crippen LogP contribution in [0, 0.1) is 5.92 Å². The second-order valence-corrected chi connectivity index (χ2v) is 6.44. The molecule has 0 amide bonds. The first-order valence-corrected chi connectivity index (χ1v) is 8.37. The van der Waals surface area contributed by atoms with Crippen LogP contribution in [0.25, 0.3) is 22.3 Å². The lowest BCUT2D eigenvalue weighted by molar-refractivity contribution is 0.415. The molecule has 4 heteroatoms. The van der Waals surface area contributed by atoms with Crippen LogP contribution in [0.3, 0.4) is 0 Å². The van der Waals surface area contributed by atoms with Gasteiger partial charge in [-0.3, -0.25) is 0 Å². The topological polar surface area (TPSA) is 38.2 Å². The van der Waals surface area contributed by atoms with Crippen LogP contribution in [-0.2, 0) is 0 Å². The fraction of sp³-hybridized carbons (Fsp3) is 0.300. The number of ether oxygens (including phenoxy) is 1. The summed E-state index contributed by atoms with van der Waals surface area (Å²) in [6.45, 7) is 1.05. The van der Waals surface area contributed by atoms with Crippen LogP contribution in [0.1, 0.15) is 12.8 Å². The van der Waals surface area contributed by atoms with Crippen LogP contribution in [0.5, 0.6) is 5.75 Å². The fourth-order valence-electron chi connectivity index (χ4n) is 3.02. The Kier molecular flexibility index (Phi) is 3.81. The maximum Gasteiger partial charge on any atom is 0.162 e. The molecule has 1 saturated carbocycles. The molecule has 24 heavy (non-hydrogen) atoms. The van der Waals surface area contributed by atoms with E-state index in [9.17, 15) is 0 Å². The van der Waals surface area contributed by atoms with Gasteiger partial charge in [-0.1, -0.05) is 24.3 Å². The molecule has 0 radical (unpaired) electrons. The smallest absolute Gasteiger partial charge is 0.162 e. The summed E-state index contributed by atoms with van der Waals surface area (Å²) >= 11 is 0. The third kappa shape index (κ3) is 2.92. The van der Waals surface area contributed by atoms with E-state index in [1.165, 1.54) is 12.8 Å². The van der Waals surface area contributed by atoms with Crippen molar-refractivity contribution in [2.75, 3.05) is 25.6 Å². The van der Waals surface area contributed by atoms with Crippen molar-refractivity contribution in [3.63, 3.8) is 0 Å². The van der Waals surface area contributed by atoms with E-state index >= 15 is 0 Å². The number of aromatic nitrogens is 2. The number of benzene rings is 2. The van der Waals surface area contributed by atoms with E-state index in [4.69, 9.17) is 14.7 Å². The average Bonchev–Trinajstić information content (AvgIpc) is 3.44. The molecule has 4 rings (SSSR count). The molecule has 0 unspecified atom stereocenters. The van der Waals surface area contributed by atoms with Crippen LogP contribution in [0.15, 0.2) is 48.5 Å². The van der Waals surface area contributed by atoms with E-state index in [1.807, 2.05) is 36.4 Å². The summed E-state index contributed by atoms with van der Waals surface area (Å²) in [7, 11) is 3.80. The molecule has 0 bridgehead atoms. The largest absolute Gasteiger partial charge is 0.497 e. The number of anilines is 1. The van der Waals surface area contributed by atoms with Gasteiger partial charge in [0.2, 0.25) is 0 Å². The van der Waals surface area contributed by atoms with Crippen LogP contribution in [-0.4, -0.2) is 30.7 Å². The highest BCUT2D eigenvalue weighted by Crippen LogP contribution is 2.33. The molecule has 4 nitrogen and oxygen atoms in total. The SMILES string of the molecule is COc1cccc(-c2nc(N(C)CC3CC3)c3ccccc3n2)c1. The molecule has 122 valence electrons. The fourth-order valence-corrected chi connectivity index (χ4v) is 3.02. The summed E-state index contributed by atoms with van der Waals surface area (Å²) in [5.41, 5.74) is 1.95. The molecule has 0 atom stereocenters. The van der Waals surface area contributed by atoms with Crippen molar-refractivity contribution < 1.29 is 4.74 Å². The van der Waals surface area contributed by atoms with Crippen LogP contribution < -0.4 is 9.64 Å². The quantitative estimate of drug-likeness (QED) is 0.708. The Morgan fingerprint density at radius 1 is 1.08 bits per heavy atom. The Labute approximate surface area is 142 Å². The van der Waals surface area contributed by atoms with Crippen molar-refractivity contribution in [3.8, 4) is 17.1 Å². The van der Waals surface area contributed by atoms with Gasteiger partial charge in [0, 0.05) is 24.5 Å². The second kappa shape index (κ2) is 6.11. The lowest BCUT2D eigenvalue weighted by Gasteiger charge is -2.20. The minimum atomic E-state index is 0.741. The normalized spacial score (nSPS) is 13.9. The Balaban J connectivity index is 1.83. The van der Waals surface area contributed by atoms with Crippen LogP contribution in [0.2, 0.25) is 0 Å². The van der Waals surface area contributed by atoms with E-state index in [2.05, 4.69) is 24.1 Å². The van der Waals surface area contributed by atoms with Gasteiger partial charge in [0.15, 0.2) is 5.82 Å². The van der Waals surface area contributed by atoms with E-state index in [-0.39, 0.29) is 0 Å². The molecule has 0 spiro atoms. The number of hydrogen-bond donors (Lipinski definition) is 0. The number of fused-ring (bicyclic) bond motifs is 1. The maximum absolute atomic E-state index is 5.34. The lowest BCUT2D eigenvalue weighted by Crippen LogP contribution is -2.21. The molecule has 0 saturated heterocycles. The molecule has 1 heterocycles. The number of methoxy groups -OCH3 is 1. The zero-order valence-electron chi connectivity index (χ0n) is 14.1. The van der Waals surface area contributed by atoms with E-state index in [0.717, 1.165) is 46.3 Å². The molecular weight excluding hydrogens is 298 g/mol. The second-order valence-electron chi connectivity index (χ2n) is 6.44. The number of para-hydroxylation sites is 1. The third-order valence-corrected chi connectivity index (χ3v) is 4.50. The van der Waals surface area contributed by atoms with Crippen LogP contribution in [0.4, 0.5) is 5.82 Å². The summed E-state index contributed by atoms with van der Waals surface area (Å²) in [6.07, 6.45) is 2.66. The zero-order chi connectivity index (χ0) is 16.5. The van der Waals surface area contributed by atoms with Crippen molar-refractivity contribution in [1.82, 2.24) is 9.97 Å². The van der Waals surface area contributed by atoms with Gasteiger partial charge in [0.05, 0.1) is 12.6 Å². The molecule has 1 aliphatic rings. The van der Waals surface area contributed by atoms with E-state index in [0.29, 0.717) is 0 Å². The van der Waals surface area contributed by atoms with Gasteiger partial charge in [0.1, 0.15) is 11.6 Å². The molecular formula is C20H21N3O. The average molecular weight is 319 g/mol. The van der Waals surface area contributed by atoms with Crippen molar-refractivity contribution in [2.24, 2.45) is 5.92 Å². The molecule has 3 aromatic rings.